The summed E-state index contributed by atoms with van der Waals surface area (Å²) in [5.41, 5.74) is 7.44. The minimum atomic E-state index is 0.398. The van der Waals surface area contributed by atoms with Crippen LogP contribution in [0.1, 0.15) is 12.5 Å². The average molecular weight is 264 g/mol. The standard InChI is InChI=1S/C13H20N4S/c1-11(16-7-6-14)8-15-9-12-4-2-3-5-13(12)17-10-18/h2-5,11,15-16H,6-9,14H2,1H3. The average Bonchev–Trinajstić information content (AvgIpc) is 2.38. The zero-order valence-electron chi connectivity index (χ0n) is 10.6. The van der Waals surface area contributed by atoms with E-state index in [9.17, 15) is 0 Å². The molecule has 1 rings (SSSR count). The highest BCUT2D eigenvalue weighted by atomic mass is 32.1. The van der Waals surface area contributed by atoms with Crippen LogP contribution in [0.25, 0.3) is 0 Å². The molecule has 1 aromatic carbocycles. The first-order valence-electron chi connectivity index (χ1n) is 6.08. The molecule has 0 aromatic heterocycles. The largest absolute Gasteiger partial charge is 0.329 e. The Labute approximate surface area is 114 Å². The Hall–Kier alpha value is -1.10. The van der Waals surface area contributed by atoms with Crippen LogP contribution in [0.2, 0.25) is 0 Å². The van der Waals surface area contributed by atoms with Gasteiger partial charge in [-0.25, -0.2) is 0 Å². The molecule has 0 aliphatic heterocycles. The van der Waals surface area contributed by atoms with Gasteiger partial charge in [0.05, 0.1) is 10.8 Å². The molecule has 0 aliphatic carbocycles. The Kier molecular flexibility index (Phi) is 7.41. The van der Waals surface area contributed by atoms with Crippen LogP contribution in [-0.2, 0) is 6.54 Å². The Bertz CT molecular complexity index is 402. The number of nitrogens with one attached hydrogen (secondary N) is 2. The van der Waals surface area contributed by atoms with Crippen molar-refractivity contribution in [1.82, 2.24) is 10.6 Å². The molecule has 0 amide bonds. The molecule has 18 heavy (non-hydrogen) atoms. The Balaban J connectivity index is 2.41. The predicted molar refractivity (Wildman–Crippen MR) is 79.4 cm³/mol. The number of para-hydroxylation sites is 1. The molecule has 0 fully saturated rings. The number of thiocarbonyl (C=S) groups is 1. The second kappa shape index (κ2) is 8.91. The van der Waals surface area contributed by atoms with E-state index in [-0.39, 0.29) is 0 Å². The van der Waals surface area contributed by atoms with Gasteiger partial charge in [-0.3, -0.25) is 0 Å². The summed E-state index contributed by atoms with van der Waals surface area (Å²) in [7, 11) is 0. The Morgan fingerprint density at radius 1 is 1.44 bits per heavy atom. The lowest BCUT2D eigenvalue weighted by atomic mass is 10.2. The van der Waals surface area contributed by atoms with Crippen molar-refractivity contribution in [2.45, 2.75) is 19.5 Å². The van der Waals surface area contributed by atoms with Crippen LogP contribution >= 0.6 is 12.2 Å². The molecule has 1 atom stereocenters. The molecular formula is C13H20N4S. The lowest BCUT2D eigenvalue weighted by molar-refractivity contribution is 0.507. The van der Waals surface area contributed by atoms with Crippen molar-refractivity contribution in [2.24, 2.45) is 10.7 Å². The van der Waals surface area contributed by atoms with E-state index in [1.54, 1.807) is 0 Å². The maximum absolute atomic E-state index is 5.44. The van der Waals surface area contributed by atoms with Crippen molar-refractivity contribution in [3.63, 3.8) is 0 Å². The maximum Gasteiger partial charge on any atom is 0.0784 e. The molecule has 0 spiro atoms. The smallest absolute Gasteiger partial charge is 0.0784 e. The number of rotatable bonds is 8. The van der Waals surface area contributed by atoms with Crippen molar-refractivity contribution in [1.29, 1.82) is 0 Å². The van der Waals surface area contributed by atoms with Gasteiger partial charge in [0.25, 0.3) is 0 Å². The zero-order valence-corrected chi connectivity index (χ0v) is 11.5. The first kappa shape index (κ1) is 15.0. The molecular weight excluding hydrogens is 244 g/mol. The highest BCUT2D eigenvalue weighted by molar-refractivity contribution is 7.78. The number of hydrogen-bond acceptors (Lipinski definition) is 5. The molecule has 4 N–H and O–H groups in total. The van der Waals surface area contributed by atoms with E-state index in [0.29, 0.717) is 12.6 Å². The fourth-order valence-corrected chi connectivity index (χ4v) is 1.74. The van der Waals surface area contributed by atoms with Crippen LogP contribution < -0.4 is 16.4 Å². The van der Waals surface area contributed by atoms with Gasteiger partial charge in [0, 0.05) is 32.2 Å². The third kappa shape index (κ3) is 5.49. The van der Waals surface area contributed by atoms with Crippen LogP contribution in [0, 0.1) is 0 Å². The number of hydrogen-bond donors (Lipinski definition) is 3. The monoisotopic (exact) mass is 264 g/mol. The predicted octanol–water partition coefficient (Wildman–Crippen LogP) is 1.45. The van der Waals surface area contributed by atoms with Crippen LogP contribution in [0.4, 0.5) is 5.69 Å². The van der Waals surface area contributed by atoms with Gasteiger partial charge in [-0.05, 0) is 30.8 Å². The fraction of sp³-hybridized carbons (Fsp3) is 0.462. The number of benzene rings is 1. The molecule has 0 aliphatic rings. The SMILES string of the molecule is CC(CNCc1ccccc1N=C=S)NCCN. The van der Waals surface area contributed by atoms with Crippen molar-refractivity contribution < 1.29 is 0 Å². The second-order valence-electron chi connectivity index (χ2n) is 4.11. The van der Waals surface area contributed by atoms with E-state index in [1.807, 2.05) is 24.3 Å². The van der Waals surface area contributed by atoms with E-state index in [1.165, 1.54) is 0 Å². The molecule has 0 saturated heterocycles. The first-order valence-corrected chi connectivity index (χ1v) is 6.48. The van der Waals surface area contributed by atoms with E-state index in [4.69, 9.17) is 5.73 Å². The Morgan fingerprint density at radius 3 is 2.94 bits per heavy atom. The van der Waals surface area contributed by atoms with Gasteiger partial charge >= 0.3 is 0 Å². The van der Waals surface area contributed by atoms with E-state index < -0.39 is 0 Å². The molecule has 1 aromatic rings. The molecule has 0 saturated carbocycles. The summed E-state index contributed by atoms with van der Waals surface area (Å²) in [5, 5.41) is 9.11. The summed E-state index contributed by atoms with van der Waals surface area (Å²) in [5.74, 6) is 0. The van der Waals surface area contributed by atoms with Gasteiger partial charge < -0.3 is 16.4 Å². The van der Waals surface area contributed by atoms with Gasteiger partial charge in [-0.15, -0.1) is 0 Å². The van der Waals surface area contributed by atoms with Crippen molar-refractivity contribution in [3.05, 3.63) is 29.8 Å². The third-order valence-electron chi connectivity index (χ3n) is 2.56. The van der Waals surface area contributed by atoms with Crippen LogP contribution in [0.5, 0.6) is 0 Å². The summed E-state index contributed by atoms with van der Waals surface area (Å²) < 4.78 is 0. The lowest BCUT2D eigenvalue weighted by Gasteiger charge is -2.14. The van der Waals surface area contributed by atoms with Gasteiger partial charge in [0.15, 0.2) is 0 Å². The Morgan fingerprint density at radius 2 is 2.22 bits per heavy atom. The normalized spacial score (nSPS) is 11.9. The van der Waals surface area contributed by atoms with E-state index in [0.717, 1.165) is 30.9 Å². The van der Waals surface area contributed by atoms with E-state index in [2.05, 4.69) is 39.9 Å². The topological polar surface area (TPSA) is 62.4 Å². The molecule has 0 radical (unpaired) electrons. The third-order valence-corrected chi connectivity index (χ3v) is 2.65. The zero-order chi connectivity index (χ0) is 13.2. The van der Waals surface area contributed by atoms with Crippen molar-refractivity contribution in [2.75, 3.05) is 19.6 Å². The highest BCUT2D eigenvalue weighted by Crippen LogP contribution is 2.17. The number of nitrogens with zero attached hydrogens (tertiary/aromatic N) is 1. The molecule has 4 nitrogen and oxygen atoms in total. The number of nitrogens with two attached hydrogens (primary N) is 1. The van der Waals surface area contributed by atoms with Gasteiger partial charge in [-0.2, -0.15) is 4.99 Å². The highest BCUT2D eigenvalue weighted by Gasteiger charge is 2.02. The van der Waals surface area contributed by atoms with Crippen LogP contribution in [0.15, 0.2) is 29.3 Å². The van der Waals surface area contributed by atoms with Crippen LogP contribution in [-0.4, -0.2) is 30.8 Å². The molecule has 0 heterocycles. The summed E-state index contributed by atoms with van der Waals surface area (Å²) >= 11 is 4.64. The van der Waals surface area contributed by atoms with Gasteiger partial charge in [0.2, 0.25) is 0 Å². The minimum Gasteiger partial charge on any atom is -0.329 e. The summed E-state index contributed by atoms with van der Waals surface area (Å²) in [6.45, 7) is 5.29. The van der Waals surface area contributed by atoms with Crippen LogP contribution in [0.3, 0.4) is 0 Å². The minimum absolute atomic E-state index is 0.398. The van der Waals surface area contributed by atoms with Gasteiger partial charge in [0.1, 0.15) is 0 Å². The molecule has 5 heteroatoms. The summed E-state index contributed by atoms with van der Waals surface area (Å²) in [6.07, 6.45) is 0. The second-order valence-corrected chi connectivity index (χ2v) is 4.29. The van der Waals surface area contributed by atoms with Crippen molar-refractivity contribution in [3.8, 4) is 0 Å². The fourth-order valence-electron chi connectivity index (χ4n) is 1.64. The quantitative estimate of drug-likeness (QED) is 0.491. The maximum atomic E-state index is 5.44. The molecule has 1 unspecified atom stereocenters. The van der Waals surface area contributed by atoms with Gasteiger partial charge in [-0.1, -0.05) is 18.2 Å². The summed E-state index contributed by atoms with van der Waals surface area (Å²) in [4.78, 5) is 4.05. The molecule has 0 bridgehead atoms. The van der Waals surface area contributed by atoms with E-state index >= 15 is 0 Å². The van der Waals surface area contributed by atoms with Crippen molar-refractivity contribution >= 4 is 23.1 Å². The lowest BCUT2D eigenvalue weighted by Crippen LogP contribution is -2.38. The first-order chi connectivity index (χ1) is 8.77. The number of aliphatic imine (C=N–C) groups is 1. The summed E-state index contributed by atoms with van der Waals surface area (Å²) in [6, 6.07) is 8.31. The molecule has 98 valence electrons. The number of isothiocyanates is 1.